The Morgan fingerprint density at radius 1 is 0.547 bits per heavy atom. The molecule has 0 saturated carbocycles. The number of aliphatic hydroxyl groups is 1. The van der Waals surface area contributed by atoms with E-state index < -0.39 is 20.0 Å². The third-order valence-electron chi connectivity index (χ3n) is 11.8. The highest BCUT2D eigenvalue weighted by molar-refractivity contribution is 7.47. The van der Waals surface area contributed by atoms with Gasteiger partial charge < -0.3 is 19.8 Å². The predicted octanol–water partition coefficient (Wildman–Crippen LogP) is 15.8. The molecule has 0 rings (SSSR count). The molecule has 8 nitrogen and oxygen atoms in total. The fraction of sp³-hybridized carbons (Fsp3) is 0.800. The number of hydrogen-bond acceptors (Lipinski definition) is 5. The molecule has 0 saturated heterocycles. The van der Waals surface area contributed by atoms with Gasteiger partial charge in [-0.2, -0.15) is 0 Å². The maximum absolute atomic E-state index is 12.7. The maximum atomic E-state index is 12.7. The van der Waals surface area contributed by atoms with Crippen LogP contribution in [0.15, 0.2) is 60.8 Å². The number of phosphoric ester groups is 1. The molecule has 0 radical (unpaired) electrons. The van der Waals surface area contributed by atoms with Gasteiger partial charge in [-0.15, -0.1) is 0 Å². The zero-order chi connectivity index (χ0) is 47.1. The Morgan fingerprint density at radius 3 is 1.34 bits per heavy atom. The normalized spacial score (nSPS) is 14.5. The summed E-state index contributed by atoms with van der Waals surface area (Å²) in [6.45, 7) is 4.61. The van der Waals surface area contributed by atoms with Crippen LogP contribution < -0.4 is 5.32 Å². The van der Waals surface area contributed by atoms with Gasteiger partial charge in [0.2, 0.25) is 5.91 Å². The van der Waals surface area contributed by atoms with Crippen LogP contribution in [0.1, 0.15) is 232 Å². The van der Waals surface area contributed by atoms with Crippen LogP contribution in [0.5, 0.6) is 0 Å². The number of allylic oxidation sites excluding steroid dienone is 10. The van der Waals surface area contributed by atoms with Crippen molar-refractivity contribution in [3.05, 3.63) is 60.8 Å². The average molecular weight is 920 g/mol. The summed E-state index contributed by atoms with van der Waals surface area (Å²) in [5.74, 6) is -0.154. The highest BCUT2D eigenvalue weighted by Crippen LogP contribution is 2.43. The van der Waals surface area contributed by atoms with E-state index in [9.17, 15) is 19.4 Å². The summed E-state index contributed by atoms with van der Waals surface area (Å²) in [5.41, 5.74) is 0. The Balaban J connectivity index is 3.63. The second-order valence-electron chi connectivity index (χ2n) is 19.2. The molecule has 3 unspecified atom stereocenters. The lowest BCUT2D eigenvalue weighted by Gasteiger charge is -2.26. The van der Waals surface area contributed by atoms with E-state index in [4.69, 9.17) is 9.05 Å². The molecule has 3 N–H and O–H groups in total. The molecule has 0 aliphatic carbocycles. The molecule has 0 aliphatic rings. The summed E-state index contributed by atoms with van der Waals surface area (Å²) in [6, 6.07) is -0.755. The molecule has 374 valence electrons. The monoisotopic (exact) mass is 920 g/mol. The van der Waals surface area contributed by atoms with Crippen molar-refractivity contribution in [2.75, 3.05) is 40.9 Å². The van der Waals surface area contributed by atoms with E-state index in [0.717, 1.165) is 70.6 Å². The second-order valence-corrected chi connectivity index (χ2v) is 20.7. The quantitative estimate of drug-likeness (QED) is 0.0243. The topological polar surface area (TPSA) is 105 Å². The Hall–Kier alpha value is -1.80. The van der Waals surface area contributed by atoms with E-state index >= 15 is 0 Å². The molecule has 0 aliphatic heterocycles. The molecule has 0 aromatic rings. The first kappa shape index (κ1) is 62.2. The first-order chi connectivity index (χ1) is 31.0. The van der Waals surface area contributed by atoms with Crippen molar-refractivity contribution in [1.29, 1.82) is 0 Å². The van der Waals surface area contributed by atoms with Crippen LogP contribution in [0.2, 0.25) is 0 Å². The minimum Gasteiger partial charge on any atom is -0.391 e. The van der Waals surface area contributed by atoms with Crippen LogP contribution in [0.25, 0.3) is 0 Å². The van der Waals surface area contributed by atoms with Crippen LogP contribution in [0.3, 0.4) is 0 Å². The molecule has 0 aromatic carbocycles. The molecule has 1 amide bonds. The van der Waals surface area contributed by atoms with E-state index in [2.05, 4.69) is 79.9 Å². The molecule has 0 bridgehead atoms. The lowest BCUT2D eigenvalue weighted by Crippen LogP contribution is -2.46. The average Bonchev–Trinajstić information content (AvgIpc) is 3.25. The molecule has 0 heterocycles. The Labute approximate surface area is 396 Å². The Morgan fingerprint density at radius 2 is 0.938 bits per heavy atom. The summed E-state index contributed by atoms with van der Waals surface area (Å²) in [5, 5.41) is 13.6. The van der Waals surface area contributed by atoms with Gasteiger partial charge in [0.25, 0.3) is 0 Å². The number of amides is 1. The highest BCUT2D eigenvalue weighted by atomic mass is 31.2. The van der Waals surface area contributed by atoms with Crippen LogP contribution in [-0.2, 0) is 18.4 Å². The molecule has 3 atom stereocenters. The summed E-state index contributed by atoms with van der Waals surface area (Å²) < 4.78 is 23.3. The van der Waals surface area contributed by atoms with Gasteiger partial charge in [0.1, 0.15) is 13.2 Å². The zero-order valence-electron chi connectivity index (χ0n) is 42.5. The Kier molecular flexibility index (Phi) is 45.0. The van der Waals surface area contributed by atoms with E-state index in [1.54, 1.807) is 0 Å². The lowest BCUT2D eigenvalue weighted by atomic mass is 10.0. The molecule has 64 heavy (non-hydrogen) atoms. The largest absolute Gasteiger partial charge is 0.472 e. The number of nitrogens with one attached hydrogen (secondary N) is 1. The number of carbonyl (C=O) groups excluding carboxylic acids is 1. The second kappa shape index (κ2) is 46.3. The van der Waals surface area contributed by atoms with Crippen LogP contribution >= 0.6 is 7.82 Å². The molecule has 9 heteroatoms. The number of hydrogen-bond donors (Lipinski definition) is 3. The number of carbonyl (C=O) groups is 1. The predicted molar refractivity (Wildman–Crippen MR) is 277 cm³/mol. The van der Waals surface area contributed by atoms with E-state index in [0.29, 0.717) is 23.9 Å². The minimum absolute atomic E-state index is 0.0734. The highest BCUT2D eigenvalue weighted by Gasteiger charge is 2.28. The number of aliphatic hydroxyl groups excluding tert-OH is 1. The standard InChI is InChI=1S/C55H103N2O6P/c1-6-8-10-11-12-13-14-15-16-17-18-19-20-21-22-23-24-25-26-27-28-29-30-31-32-33-34-35-36-37-38-39-40-41-42-43-44-45-47-49-55(59)56-53(54(58)48-46-9-7-2)52-63-64(60,61)62-51-50-57(3,4)5/h8,10,12-13,15-16,18-19,21-22,53-54,58H,6-7,9,11,14,17,20,23-52H2,1-5H3,(H-,56,59,60,61)/p+1/b10-8-,13-12-,16-15-,19-18-,22-21-. The minimum atomic E-state index is -4.29. The van der Waals surface area contributed by atoms with E-state index in [1.807, 2.05) is 21.1 Å². The number of unbranched alkanes of at least 4 members (excludes halogenated alkanes) is 25. The van der Waals surface area contributed by atoms with Gasteiger partial charge in [0.05, 0.1) is 39.9 Å². The van der Waals surface area contributed by atoms with Crippen molar-refractivity contribution in [3.8, 4) is 0 Å². The SMILES string of the molecule is CC/C=C\C/C=C\C/C=C\C/C=C\C/C=C\CCCCCCCCCCCCCCCCCCCCCCCCCC(=O)NC(COP(=O)(O)OCC[N+](C)(C)C)C(O)CCCCC. The van der Waals surface area contributed by atoms with Crippen LogP contribution in [-0.4, -0.2) is 73.4 Å². The van der Waals surface area contributed by atoms with Crippen molar-refractivity contribution < 1.29 is 32.9 Å². The Bertz CT molecular complexity index is 1230. The fourth-order valence-corrected chi connectivity index (χ4v) is 8.34. The summed E-state index contributed by atoms with van der Waals surface area (Å²) in [6.07, 6.45) is 62.5. The zero-order valence-corrected chi connectivity index (χ0v) is 43.4. The van der Waals surface area contributed by atoms with Crippen molar-refractivity contribution >= 4 is 13.7 Å². The molecule has 0 fully saturated rings. The van der Waals surface area contributed by atoms with Crippen molar-refractivity contribution in [2.24, 2.45) is 0 Å². The third-order valence-corrected chi connectivity index (χ3v) is 12.8. The fourth-order valence-electron chi connectivity index (χ4n) is 7.60. The molecular formula is C55H104N2O6P+. The maximum Gasteiger partial charge on any atom is 0.472 e. The molecule has 0 spiro atoms. The third kappa shape index (κ3) is 48.1. The van der Waals surface area contributed by atoms with Crippen molar-refractivity contribution in [3.63, 3.8) is 0 Å². The van der Waals surface area contributed by atoms with Gasteiger partial charge in [0.15, 0.2) is 0 Å². The first-order valence-corrected chi connectivity index (χ1v) is 28.1. The smallest absolute Gasteiger partial charge is 0.391 e. The number of nitrogens with zero attached hydrogens (tertiary/aromatic N) is 1. The van der Waals surface area contributed by atoms with Gasteiger partial charge >= 0.3 is 7.82 Å². The first-order valence-electron chi connectivity index (χ1n) is 26.7. The summed E-state index contributed by atoms with van der Waals surface area (Å²) >= 11 is 0. The van der Waals surface area contributed by atoms with Gasteiger partial charge in [-0.1, -0.05) is 229 Å². The lowest BCUT2D eigenvalue weighted by molar-refractivity contribution is -0.870. The van der Waals surface area contributed by atoms with Gasteiger partial charge in [0, 0.05) is 6.42 Å². The van der Waals surface area contributed by atoms with Gasteiger partial charge in [-0.3, -0.25) is 13.8 Å². The number of phosphoric acid groups is 1. The summed E-state index contributed by atoms with van der Waals surface area (Å²) in [4.78, 5) is 22.9. The summed E-state index contributed by atoms with van der Waals surface area (Å²) in [7, 11) is 1.61. The molecular weight excluding hydrogens is 816 g/mol. The van der Waals surface area contributed by atoms with Crippen LogP contribution in [0.4, 0.5) is 0 Å². The number of quaternary nitrogens is 1. The number of rotatable bonds is 48. The van der Waals surface area contributed by atoms with E-state index in [1.165, 1.54) is 135 Å². The van der Waals surface area contributed by atoms with E-state index in [-0.39, 0.29) is 19.1 Å². The van der Waals surface area contributed by atoms with Crippen LogP contribution in [0, 0.1) is 0 Å². The number of likely N-dealkylation sites (N-methyl/N-ethyl adjacent to an activating group) is 1. The van der Waals surface area contributed by atoms with Crippen molar-refractivity contribution in [1.82, 2.24) is 5.32 Å². The molecule has 0 aromatic heterocycles. The van der Waals surface area contributed by atoms with Gasteiger partial charge in [-0.25, -0.2) is 4.57 Å². The van der Waals surface area contributed by atoms with Crippen molar-refractivity contribution in [2.45, 2.75) is 244 Å². The van der Waals surface area contributed by atoms with Gasteiger partial charge in [-0.05, 0) is 57.8 Å².